The first-order valence-corrected chi connectivity index (χ1v) is 7.83. The second-order valence-electron chi connectivity index (χ2n) is 5.31. The van der Waals surface area contributed by atoms with Gasteiger partial charge in [-0.05, 0) is 12.8 Å². The van der Waals surface area contributed by atoms with Gasteiger partial charge in [-0.1, -0.05) is 11.3 Å². The van der Waals surface area contributed by atoms with Gasteiger partial charge in [-0.25, -0.2) is 0 Å². The lowest BCUT2D eigenvalue weighted by Gasteiger charge is -2.35. The third kappa shape index (κ3) is 3.64. The van der Waals surface area contributed by atoms with Gasteiger partial charge in [0.1, 0.15) is 0 Å². The Morgan fingerprint density at radius 2 is 1.95 bits per heavy atom. The third-order valence-electron chi connectivity index (χ3n) is 3.79. The first-order chi connectivity index (χ1) is 10.0. The van der Waals surface area contributed by atoms with Crippen LogP contribution in [0.4, 0.5) is 18.3 Å². The van der Waals surface area contributed by atoms with E-state index in [1.165, 1.54) is 0 Å². The molecule has 118 valence electrons. The molecular weight excluding hydrogens is 305 g/mol. The van der Waals surface area contributed by atoms with Gasteiger partial charge in [-0.3, -0.25) is 4.90 Å². The molecule has 3 heterocycles. The normalized spacial score (nSPS) is 24.7. The first kappa shape index (κ1) is 15.0. The molecule has 2 aliphatic heterocycles. The van der Waals surface area contributed by atoms with E-state index in [9.17, 15) is 13.2 Å². The Morgan fingerprint density at radius 1 is 1.19 bits per heavy atom. The van der Waals surface area contributed by atoms with E-state index >= 15 is 0 Å². The average molecular weight is 322 g/mol. The summed E-state index contributed by atoms with van der Waals surface area (Å²) in [4.78, 5) is 4.18. The van der Waals surface area contributed by atoms with Gasteiger partial charge in [-0.2, -0.15) is 13.2 Å². The summed E-state index contributed by atoms with van der Waals surface area (Å²) in [6.07, 6.45) is -1.87. The van der Waals surface area contributed by atoms with Crippen LogP contribution in [-0.4, -0.2) is 60.5 Å². The zero-order valence-corrected chi connectivity index (χ0v) is 12.3. The summed E-state index contributed by atoms with van der Waals surface area (Å²) in [5, 5.41) is 6.38. The molecule has 0 aromatic carbocycles. The molecule has 9 heteroatoms. The summed E-state index contributed by atoms with van der Waals surface area (Å²) >= 11 is 0.616. The van der Waals surface area contributed by atoms with Gasteiger partial charge in [0.05, 0.1) is 6.10 Å². The molecule has 3 rings (SSSR count). The highest BCUT2D eigenvalue weighted by molar-refractivity contribution is 7.15. The summed E-state index contributed by atoms with van der Waals surface area (Å²) in [5.74, 6) is 0. The molecule has 1 atom stereocenters. The van der Waals surface area contributed by atoms with Crippen molar-refractivity contribution in [3.8, 4) is 0 Å². The minimum absolute atomic E-state index is 0.315. The lowest BCUT2D eigenvalue weighted by Crippen LogP contribution is -2.48. The van der Waals surface area contributed by atoms with Crippen molar-refractivity contribution in [2.45, 2.75) is 25.1 Å². The summed E-state index contributed by atoms with van der Waals surface area (Å²) in [5.41, 5.74) is 0. The Hall–Kier alpha value is -0.930. The monoisotopic (exact) mass is 322 g/mol. The lowest BCUT2D eigenvalue weighted by molar-refractivity contribution is -0.138. The van der Waals surface area contributed by atoms with Crippen LogP contribution >= 0.6 is 11.3 Å². The van der Waals surface area contributed by atoms with Crippen molar-refractivity contribution < 1.29 is 17.9 Å². The number of hydrogen-bond donors (Lipinski definition) is 0. The van der Waals surface area contributed by atoms with Crippen LogP contribution in [0.25, 0.3) is 0 Å². The van der Waals surface area contributed by atoms with Crippen LogP contribution in [0.3, 0.4) is 0 Å². The maximum absolute atomic E-state index is 12.5. The number of ether oxygens (including phenoxy) is 1. The van der Waals surface area contributed by atoms with Crippen molar-refractivity contribution in [2.24, 2.45) is 0 Å². The van der Waals surface area contributed by atoms with Gasteiger partial charge in [0.25, 0.3) is 0 Å². The molecule has 1 aromatic heterocycles. The van der Waals surface area contributed by atoms with E-state index in [1.54, 1.807) is 0 Å². The zero-order valence-electron chi connectivity index (χ0n) is 11.5. The number of hydrogen-bond acceptors (Lipinski definition) is 6. The highest BCUT2D eigenvalue weighted by Crippen LogP contribution is 2.34. The third-order valence-corrected chi connectivity index (χ3v) is 4.81. The highest BCUT2D eigenvalue weighted by Gasteiger charge is 2.36. The minimum atomic E-state index is -4.41. The fourth-order valence-corrected chi connectivity index (χ4v) is 3.42. The van der Waals surface area contributed by atoms with Gasteiger partial charge in [-0.15, -0.1) is 10.2 Å². The quantitative estimate of drug-likeness (QED) is 0.850. The van der Waals surface area contributed by atoms with Crippen LogP contribution in [0.2, 0.25) is 0 Å². The maximum atomic E-state index is 12.5. The SMILES string of the molecule is FC(F)(F)c1nnc(N2CCN(C[C@H]3CCCO3)CC2)s1. The number of piperazine rings is 1. The molecule has 2 aliphatic rings. The van der Waals surface area contributed by atoms with E-state index in [0.29, 0.717) is 35.7 Å². The topological polar surface area (TPSA) is 41.5 Å². The zero-order chi connectivity index (χ0) is 14.9. The van der Waals surface area contributed by atoms with Gasteiger partial charge in [0, 0.05) is 39.3 Å². The molecule has 2 fully saturated rings. The largest absolute Gasteiger partial charge is 0.445 e. The van der Waals surface area contributed by atoms with Crippen LogP contribution in [0.15, 0.2) is 0 Å². The molecule has 0 saturated carbocycles. The van der Waals surface area contributed by atoms with E-state index in [4.69, 9.17) is 4.74 Å². The van der Waals surface area contributed by atoms with E-state index in [2.05, 4.69) is 15.1 Å². The molecule has 2 saturated heterocycles. The van der Waals surface area contributed by atoms with Crippen molar-refractivity contribution in [1.82, 2.24) is 15.1 Å². The minimum Gasteiger partial charge on any atom is -0.377 e. The highest BCUT2D eigenvalue weighted by atomic mass is 32.1. The Morgan fingerprint density at radius 3 is 2.52 bits per heavy atom. The fraction of sp³-hybridized carbons (Fsp3) is 0.833. The predicted molar refractivity (Wildman–Crippen MR) is 72.5 cm³/mol. The Labute approximate surface area is 124 Å². The Balaban J connectivity index is 1.52. The number of anilines is 1. The Bertz CT molecular complexity index is 467. The second-order valence-corrected chi connectivity index (χ2v) is 6.27. The van der Waals surface area contributed by atoms with Crippen molar-refractivity contribution in [1.29, 1.82) is 0 Å². The van der Waals surface area contributed by atoms with Gasteiger partial charge in [0.15, 0.2) is 0 Å². The molecule has 0 spiro atoms. The van der Waals surface area contributed by atoms with Gasteiger partial charge in [0.2, 0.25) is 10.1 Å². The van der Waals surface area contributed by atoms with Crippen molar-refractivity contribution in [2.75, 3.05) is 44.2 Å². The van der Waals surface area contributed by atoms with E-state index in [-0.39, 0.29) is 0 Å². The van der Waals surface area contributed by atoms with Crippen LogP contribution in [0.1, 0.15) is 17.8 Å². The van der Waals surface area contributed by atoms with Crippen LogP contribution in [-0.2, 0) is 10.9 Å². The van der Waals surface area contributed by atoms with Crippen molar-refractivity contribution >= 4 is 16.5 Å². The molecule has 1 aromatic rings. The first-order valence-electron chi connectivity index (χ1n) is 7.02. The standard InChI is InChI=1S/C12H17F3N4OS/c13-12(14,15)10-16-17-11(21-10)19-5-3-18(4-6-19)8-9-2-1-7-20-9/h9H,1-8H2/t9-/m1/s1. The van der Waals surface area contributed by atoms with E-state index in [0.717, 1.165) is 39.1 Å². The number of rotatable bonds is 3. The molecule has 5 nitrogen and oxygen atoms in total. The number of alkyl halides is 3. The molecule has 0 amide bonds. The summed E-state index contributed by atoms with van der Waals surface area (Å²) < 4.78 is 43.2. The summed E-state index contributed by atoms with van der Waals surface area (Å²) in [6, 6.07) is 0. The Kier molecular flexibility index (Phi) is 4.32. The fourth-order valence-electron chi connectivity index (χ4n) is 2.66. The molecule has 21 heavy (non-hydrogen) atoms. The number of aromatic nitrogens is 2. The second kappa shape index (κ2) is 6.05. The van der Waals surface area contributed by atoms with Crippen molar-refractivity contribution in [3.05, 3.63) is 5.01 Å². The summed E-state index contributed by atoms with van der Waals surface area (Å²) in [6.45, 7) is 4.76. The van der Waals surface area contributed by atoms with Crippen molar-refractivity contribution in [3.63, 3.8) is 0 Å². The molecule has 0 N–H and O–H groups in total. The molecule has 0 aliphatic carbocycles. The number of nitrogens with zero attached hydrogens (tertiary/aromatic N) is 4. The van der Waals surface area contributed by atoms with Crippen LogP contribution in [0, 0.1) is 0 Å². The van der Waals surface area contributed by atoms with E-state index in [1.807, 2.05) is 4.90 Å². The number of halogens is 3. The molecule has 0 unspecified atom stereocenters. The average Bonchev–Trinajstić information content (AvgIpc) is 3.09. The van der Waals surface area contributed by atoms with E-state index < -0.39 is 11.2 Å². The predicted octanol–water partition coefficient (Wildman–Crippen LogP) is 1.86. The maximum Gasteiger partial charge on any atom is 0.445 e. The summed E-state index contributed by atoms with van der Waals surface area (Å²) in [7, 11) is 0. The molecular formula is C12H17F3N4OS. The molecule has 0 bridgehead atoms. The van der Waals surface area contributed by atoms with Crippen LogP contribution < -0.4 is 4.90 Å². The smallest absolute Gasteiger partial charge is 0.377 e. The van der Waals surface area contributed by atoms with Gasteiger partial charge < -0.3 is 9.64 Å². The molecule has 0 radical (unpaired) electrons. The van der Waals surface area contributed by atoms with Crippen LogP contribution in [0.5, 0.6) is 0 Å². The van der Waals surface area contributed by atoms with Gasteiger partial charge >= 0.3 is 6.18 Å². The lowest BCUT2D eigenvalue weighted by atomic mass is 10.2.